The molecule has 0 saturated heterocycles. The van der Waals surface area contributed by atoms with Crippen LogP contribution < -0.4 is 0 Å². The summed E-state index contributed by atoms with van der Waals surface area (Å²) in [7, 11) is 0. The van der Waals surface area contributed by atoms with E-state index in [4.69, 9.17) is 5.11 Å². The first-order chi connectivity index (χ1) is 8.91. The van der Waals surface area contributed by atoms with Crippen LogP contribution in [0.4, 0.5) is 8.78 Å². The molecule has 0 aliphatic carbocycles. The van der Waals surface area contributed by atoms with E-state index in [2.05, 4.69) is 15.9 Å². The summed E-state index contributed by atoms with van der Waals surface area (Å²) in [6.45, 7) is 1.61. The van der Waals surface area contributed by atoms with Crippen molar-refractivity contribution in [3.63, 3.8) is 0 Å². The van der Waals surface area contributed by atoms with Crippen LogP contribution in [0.2, 0.25) is 0 Å². The molecule has 0 amide bonds. The van der Waals surface area contributed by atoms with E-state index >= 15 is 0 Å². The predicted octanol–water partition coefficient (Wildman–Crippen LogP) is 4.40. The highest BCUT2D eigenvalue weighted by atomic mass is 79.9. The van der Waals surface area contributed by atoms with Crippen molar-refractivity contribution < 1.29 is 18.7 Å². The Morgan fingerprint density at radius 1 is 1.21 bits per heavy atom. The highest BCUT2D eigenvalue weighted by molar-refractivity contribution is 9.10. The Labute approximate surface area is 116 Å². The fourth-order valence-electron chi connectivity index (χ4n) is 1.85. The maximum Gasteiger partial charge on any atom is 0.335 e. The maximum absolute atomic E-state index is 14.0. The van der Waals surface area contributed by atoms with Gasteiger partial charge in [0, 0.05) is 0 Å². The Bertz CT molecular complexity index is 669. The number of rotatable bonds is 2. The zero-order chi connectivity index (χ0) is 14.2. The zero-order valence-electron chi connectivity index (χ0n) is 9.88. The summed E-state index contributed by atoms with van der Waals surface area (Å²) >= 11 is 3.00. The van der Waals surface area contributed by atoms with Crippen LogP contribution in [-0.2, 0) is 0 Å². The third kappa shape index (κ3) is 2.51. The summed E-state index contributed by atoms with van der Waals surface area (Å²) in [5.41, 5.74) is 0.748. The monoisotopic (exact) mass is 326 g/mol. The summed E-state index contributed by atoms with van der Waals surface area (Å²) in [6.07, 6.45) is 0. The van der Waals surface area contributed by atoms with Crippen LogP contribution in [0.15, 0.2) is 34.8 Å². The Balaban J connectivity index is 2.66. The number of carboxylic acid groups (broad SMARTS) is 1. The first-order valence-electron chi connectivity index (χ1n) is 5.39. The van der Waals surface area contributed by atoms with Crippen LogP contribution in [-0.4, -0.2) is 11.1 Å². The number of benzene rings is 2. The van der Waals surface area contributed by atoms with Gasteiger partial charge in [0.05, 0.1) is 15.6 Å². The molecule has 98 valence electrons. The topological polar surface area (TPSA) is 37.3 Å². The normalized spacial score (nSPS) is 10.5. The molecule has 0 spiro atoms. The fourth-order valence-corrected chi connectivity index (χ4v) is 2.18. The van der Waals surface area contributed by atoms with Gasteiger partial charge in [0.25, 0.3) is 0 Å². The Morgan fingerprint density at radius 2 is 1.89 bits per heavy atom. The lowest BCUT2D eigenvalue weighted by atomic mass is 9.97. The van der Waals surface area contributed by atoms with Gasteiger partial charge in [-0.3, -0.25) is 0 Å². The van der Waals surface area contributed by atoms with E-state index in [1.165, 1.54) is 24.3 Å². The molecule has 0 unspecified atom stereocenters. The Hall–Kier alpha value is -1.75. The number of aromatic carboxylic acids is 1. The van der Waals surface area contributed by atoms with Gasteiger partial charge in [-0.1, -0.05) is 6.07 Å². The molecule has 0 atom stereocenters. The van der Waals surface area contributed by atoms with E-state index in [1.54, 1.807) is 6.92 Å². The minimum Gasteiger partial charge on any atom is -0.478 e. The van der Waals surface area contributed by atoms with Crippen LogP contribution in [0, 0.1) is 18.6 Å². The number of hydrogen-bond acceptors (Lipinski definition) is 1. The van der Waals surface area contributed by atoms with Gasteiger partial charge in [-0.2, -0.15) is 0 Å². The van der Waals surface area contributed by atoms with Crippen molar-refractivity contribution in [2.75, 3.05) is 0 Å². The van der Waals surface area contributed by atoms with Gasteiger partial charge in [0.1, 0.15) is 11.6 Å². The van der Waals surface area contributed by atoms with Crippen LogP contribution in [0.25, 0.3) is 11.1 Å². The van der Waals surface area contributed by atoms with E-state index in [0.29, 0.717) is 11.1 Å². The van der Waals surface area contributed by atoms with Crippen LogP contribution in [0.5, 0.6) is 0 Å². The molecule has 1 N–H and O–H groups in total. The molecule has 0 bridgehead atoms. The van der Waals surface area contributed by atoms with Gasteiger partial charge >= 0.3 is 5.97 Å². The van der Waals surface area contributed by atoms with Crippen LogP contribution in [0.1, 0.15) is 15.9 Å². The molecule has 2 rings (SSSR count). The standard InChI is InChI=1S/C14H9BrF2O2/c1-7-6-8(14(18)19)2-3-9(7)12-11(16)5-4-10(15)13(12)17/h2-6H,1H3,(H,18,19). The van der Waals surface area contributed by atoms with Crippen molar-refractivity contribution in [3.05, 3.63) is 57.6 Å². The third-order valence-electron chi connectivity index (χ3n) is 2.79. The van der Waals surface area contributed by atoms with Gasteiger partial charge in [-0.25, -0.2) is 13.6 Å². The summed E-state index contributed by atoms with van der Waals surface area (Å²) in [5.74, 6) is -2.47. The van der Waals surface area contributed by atoms with E-state index < -0.39 is 17.6 Å². The molecule has 0 aliphatic heterocycles. The highest BCUT2D eigenvalue weighted by Crippen LogP contribution is 2.32. The zero-order valence-corrected chi connectivity index (χ0v) is 11.5. The molecular weight excluding hydrogens is 318 g/mol. The Kier molecular flexibility index (Phi) is 3.66. The minimum absolute atomic E-state index is 0.0806. The highest BCUT2D eigenvalue weighted by Gasteiger charge is 2.17. The fraction of sp³-hybridized carbons (Fsp3) is 0.0714. The number of halogens is 3. The van der Waals surface area contributed by atoms with Gasteiger partial charge in [0.2, 0.25) is 0 Å². The minimum atomic E-state index is -1.08. The SMILES string of the molecule is Cc1cc(C(=O)O)ccc1-c1c(F)ccc(Br)c1F. The summed E-state index contributed by atoms with van der Waals surface area (Å²) < 4.78 is 27.9. The second-order valence-corrected chi connectivity index (χ2v) is 4.91. The van der Waals surface area contributed by atoms with Crippen molar-refractivity contribution in [2.45, 2.75) is 6.92 Å². The molecule has 19 heavy (non-hydrogen) atoms. The second-order valence-electron chi connectivity index (χ2n) is 4.05. The summed E-state index contributed by atoms with van der Waals surface area (Å²) in [4.78, 5) is 10.8. The first-order valence-corrected chi connectivity index (χ1v) is 6.19. The molecule has 0 fully saturated rings. The molecule has 2 aromatic rings. The van der Waals surface area contributed by atoms with Gasteiger partial charge in [0.15, 0.2) is 0 Å². The van der Waals surface area contributed by atoms with Crippen molar-refractivity contribution in [2.24, 2.45) is 0 Å². The number of aryl methyl sites for hydroxylation is 1. The molecule has 2 nitrogen and oxygen atoms in total. The van der Waals surface area contributed by atoms with E-state index in [1.807, 2.05) is 0 Å². The molecule has 0 radical (unpaired) electrons. The molecule has 0 heterocycles. The van der Waals surface area contributed by atoms with Crippen molar-refractivity contribution >= 4 is 21.9 Å². The lowest BCUT2D eigenvalue weighted by molar-refractivity contribution is 0.0697. The number of hydrogen-bond donors (Lipinski definition) is 1. The summed E-state index contributed by atoms with van der Waals surface area (Å²) in [6, 6.07) is 6.57. The third-order valence-corrected chi connectivity index (χ3v) is 3.40. The van der Waals surface area contributed by atoms with Gasteiger partial charge in [-0.05, 0) is 58.2 Å². The molecule has 0 saturated carbocycles. The van der Waals surface area contributed by atoms with Gasteiger partial charge in [-0.15, -0.1) is 0 Å². The van der Waals surface area contributed by atoms with Crippen molar-refractivity contribution in [1.82, 2.24) is 0 Å². The second kappa shape index (κ2) is 5.09. The van der Waals surface area contributed by atoms with E-state index in [-0.39, 0.29) is 15.6 Å². The quantitative estimate of drug-likeness (QED) is 0.830. The molecule has 0 aliphatic rings. The maximum atomic E-state index is 14.0. The first kappa shape index (κ1) is 13.7. The predicted molar refractivity (Wildman–Crippen MR) is 71.2 cm³/mol. The van der Waals surface area contributed by atoms with Crippen molar-refractivity contribution in [3.8, 4) is 11.1 Å². The average molecular weight is 327 g/mol. The molecule has 2 aromatic carbocycles. The van der Waals surface area contributed by atoms with Crippen molar-refractivity contribution in [1.29, 1.82) is 0 Å². The van der Waals surface area contributed by atoms with E-state index in [9.17, 15) is 13.6 Å². The lowest BCUT2D eigenvalue weighted by Crippen LogP contribution is -1.99. The summed E-state index contributed by atoms with van der Waals surface area (Å²) in [5, 5.41) is 8.87. The molecule has 5 heteroatoms. The lowest BCUT2D eigenvalue weighted by Gasteiger charge is -2.10. The Morgan fingerprint density at radius 3 is 2.47 bits per heavy atom. The molecular formula is C14H9BrF2O2. The number of carbonyl (C=O) groups is 1. The molecule has 0 aromatic heterocycles. The number of carboxylic acids is 1. The van der Waals surface area contributed by atoms with Crippen LogP contribution >= 0.6 is 15.9 Å². The van der Waals surface area contributed by atoms with Gasteiger partial charge < -0.3 is 5.11 Å². The average Bonchev–Trinajstić information content (AvgIpc) is 2.36. The smallest absolute Gasteiger partial charge is 0.335 e. The van der Waals surface area contributed by atoms with E-state index in [0.717, 1.165) is 6.07 Å². The van der Waals surface area contributed by atoms with Crippen LogP contribution in [0.3, 0.4) is 0 Å². The largest absolute Gasteiger partial charge is 0.478 e.